The van der Waals surface area contributed by atoms with Crippen molar-refractivity contribution in [3.05, 3.63) is 129 Å². The quantitative estimate of drug-likeness (QED) is 0.0314. The van der Waals surface area contributed by atoms with Crippen LogP contribution in [0.25, 0.3) is 0 Å². The molecule has 0 aliphatic rings. The number of halogens is 5. The minimum atomic E-state index is -1.65. The maximum Gasteiger partial charge on any atom is 0.258 e. The van der Waals surface area contributed by atoms with Crippen LogP contribution in [0.15, 0.2) is 111 Å². The number of azo groups is 2. The lowest BCUT2D eigenvalue weighted by molar-refractivity contribution is -0.127. The Hall–Kier alpha value is -6.43. The number of nitrogens with one attached hydrogen (secondary N) is 4. The Morgan fingerprint density at radius 2 is 1.00 bits per heavy atom. The number of carbonyl (C=O) groups excluding carboxylic acids is 6. The fourth-order valence-corrected chi connectivity index (χ4v) is 7.25. The number of hydrogen-bond acceptors (Lipinski definition) is 12. The highest BCUT2D eigenvalue weighted by molar-refractivity contribution is 6.33. The van der Waals surface area contributed by atoms with Crippen molar-refractivity contribution in [2.75, 3.05) is 47.2 Å². The van der Waals surface area contributed by atoms with Crippen LogP contribution in [0.1, 0.15) is 51.3 Å². The molecule has 2 atom stereocenters. The van der Waals surface area contributed by atoms with Gasteiger partial charge in [-0.3, -0.25) is 28.8 Å². The van der Waals surface area contributed by atoms with E-state index in [2.05, 4.69) is 41.7 Å². The zero-order valence-corrected chi connectivity index (χ0v) is 40.6. The van der Waals surface area contributed by atoms with Crippen LogP contribution in [0, 0.1) is 0 Å². The van der Waals surface area contributed by atoms with Gasteiger partial charge in [-0.15, -0.1) is 34.8 Å². The summed E-state index contributed by atoms with van der Waals surface area (Å²) in [5, 5.41) is 27.0. The summed E-state index contributed by atoms with van der Waals surface area (Å²) in [6.45, 7) is 2.30. The topological polar surface area (TPSA) is 218 Å². The molecule has 4 N–H and O–H groups in total. The third-order valence-corrected chi connectivity index (χ3v) is 11.1. The summed E-state index contributed by atoms with van der Waals surface area (Å²) >= 11 is 30.8. The van der Waals surface area contributed by atoms with Gasteiger partial charge in [0.1, 0.15) is 22.9 Å². The smallest absolute Gasteiger partial charge is 0.258 e. The number of ketones is 2. The highest BCUT2D eigenvalue weighted by Gasteiger charge is 2.26. The summed E-state index contributed by atoms with van der Waals surface area (Å²) in [5.41, 5.74) is 3.58. The molecule has 0 bridgehead atoms. The van der Waals surface area contributed by atoms with E-state index in [1.807, 2.05) is 12.1 Å². The molecule has 4 amide bonds. The van der Waals surface area contributed by atoms with Crippen LogP contribution in [0.3, 0.4) is 0 Å². The van der Waals surface area contributed by atoms with Gasteiger partial charge in [0.25, 0.3) is 23.6 Å². The fraction of sp³-hybridized carbons (Fsp3) is 0.234. The number of methoxy groups -OCH3 is 2. The van der Waals surface area contributed by atoms with Gasteiger partial charge in [-0.05, 0) is 122 Å². The van der Waals surface area contributed by atoms with Crippen LogP contribution in [-0.4, -0.2) is 73.3 Å². The second kappa shape index (κ2) is 25.1. The molecule has 2 unspecified atom stereocenters. The molecule has 0 saturated carbocycles. The Balaban J connectivity index is 1.27. The number of ether oxygens (including phenoxy) is 2. The van der Waals surface area contributed by atoms with Crippen LogP contribution < -0.4 is 30.7 Å². The zero-order valence-electron chi connectivity index (χ0n) is 36.8. The van der Waals surface area contributed by atoms with E-state index in [4.69, 9.17) is 67.5 Å². The molecule has 0 saturated heterocycles. The lowest BCUT2D eigenvalue weighted by Crippen LogP contribution is -2.32. The van der Waals surface area contributed by atoms with Crippen LogP contribution in [-0.2, 0) is 37.9 Å². The minimum absolute atomic E-state index is 0.00719. The standard InChI is InChI=1S/C47H43Cl5N8O8/c1-25(61)42(59-57-36-22-29(7-10-33(36)51)44(63)55-38-19-27(15-17-48)5-13-40(38)67-3)46(65)53-32-9-12-35(31(21-32)24-50)54-47(66)43(26(2)62)60-58-37-23-30(8-11-34(37)52)45(64)56-39-20-28(16-18-49)6-14-41(39)68-4/h5-14,19-23,42-43H,15-18,24H2,1-4H3,(H,53,65)(H,54,66)(H,55,63)(H,56,64). The lowest BCUT2D eigenvalue weighted by Gasteiger charge is -2.15. The molecule has 0 aliphatic heterocycles. The fourth-order valence-electron chi connectivity index (χ4n) is 6.28. The van der Waals surface area contributed by atoms with E-state index in [9.17, 15) is 28.8 Å². The number of rotatable bonds is 21. The van der Waals surface area contributed by atoms with Crippen molar-refractivity contribution >= 4 is 127 Å². The number of hydrogen-bond donors (Lipinski definition) is 4. The molecule has 0 spiro atoms. The van der Waals surface area contributed by atoms with Gasteiger partial charge in [0, 0.05) is 40.1 Å². The summed E-state index contributed by atoms with van der Waals surface area (Å²) in [4.78, 5) is 78.8. The Kier molecular flexibility index (Phi) is 19.4. The van der Waals surface area contributed by atoms with Gasteiger partial charge in [-0.1, -0.05) is 35.3 Å². The SMILES string of the molecule is COc1ccc(CCCl)cc1NC(=O)c1ccc(Cl)c(N=NC(C(C)=O)C(=O)Nc2ccc(NC(=O)C(N=Nc3cc(C(=O)Nc4cc(CCCl)ccc4OC)ccc3Cl)C(C)=O)c(CCl)c2)c1. The highest BCUT2D eigenvalue weighted by atomic mass is 35.5. The van der Waals surface area contributed by atoms with Crippen LogP contribution in [0.2, 0.25) is 10.0 Å². The van der Waals surface area contributed by atoms with Gasteiger partial charge >= 0.3 is 0 Å². The highest BCUT2D eigenvalue weighted by Crippen LogP contribution is 2.32. The van der Waals surface area contributed by atoms with E-state index in [-0.39, 0.29) is 49.8 Å². The van der Waals surface area contributed by atoms with E-state index in [1.165, 1.54) is 68.8 Å². The first-order valence-electron chi connectivity index (χ1n) is 20.4. The Bertz CT molecular complexity index is 2790. The maximum atomic E-state index is 13.5. The molecule has 0 heterocycles. The molecule has 0 radical (unpaired) electrons. The average Bonchev–Trinajstić information content (AvgIpc) is 3.30. The average molecular weight is 1030 g/mol. The van der Waals surface area contributed by atoms with Crippen molar-refractivity contribution in [1.82, 2.24) is 0 Å². The Morgan fingerprint density at radius 3 is 1.41 bits per heavy atom. The summed E-state index contributed by atoms with van der Waals surface area (Å²) < 4.78 is 10.8. The van der Waals surface area contributed by atoms with Crippen LogP contribution in [0.4, 0.5) is 34.1 Å². The number of alkyl halides is 3. The molecule has 5 aromatic carbocycles. The summed E-state index contributed by atoms with van der Waals surface area (Å²) in [7, 11) is 2.94. The van der Waals surface area contributed by atoms with Crippen LogP contribution in [0.5, 0.6) is 11.5 Å². The molecular formula is C47H43Cl5N8O8. The first kappa shape index (κ1) is 52.5. The molecular weight excluding hydrogens is 982 g/mol. The van der Waals surface area contributed by atoms with Gasteiger partial charge in [0.05, 0.1) is 35.6 Å². The van der Waals surface area contributed by atoms with Crippen LogP contribution >= 0.6 is 58.0 Å². The largest absolute Gasteiger partial charge is 0.495 e. The van der Waals surface area contributed by atoms with E-state index in [0.717, 1.165) is 25.0 Å². The molecule has 0 fully saturated rings. The predicted octanol–water partition coefficient (Wildman–Crippen LogP) is 11.2. The Labute approximate surface area is 416 Å². The van der Waals surface area contributed by atoms with Crippen molar-refractivity contribution < 1.29 is 38.2 Å². The number of carbonyl (C=O) groups is 6. The number of amides is 4. The Morgan fingerprint density at radius 1 is 0.544 bits per heavy atom. The van der Waals surface area contributed by atoms with Crippen molar-refractivity contribution in [2.24, 2.45) is 20.5 Å². The van der Waals surface area contributed by atoms with Crippen molar-refractivity contribution in [2.45, 2.75) is 44.7 Å². The minimum Gasteiger partial charge on any atom is -0.495 e. The molecule has 5 rings (SSSR count). The van der Waals surface area contributed by atoms with E-state index in [0.29, 0.717) is 53.0 Å². The zero-order chi connectivity index (χ0) is 49.5. The van der Waals surface area contributed by atoms with Crippen molar-refractivity contribution in [3.8, 4) is 11.5 Å². The molecule has 0 aliphatic carbocycles. The summed E-state index contributed by atoms with van der Waals surface area (Å²) in [5.74, 6) is -2.63. The van der Waals surface area contributed by atoms with Gasteiger partial charge in [-0.25, -0.2) is 0 Å². The van der Waals surface area contributed by atoms with Gasteiger partial charge in [0.15, 0.2) is 11.6 Å². The molecule has 354 valence electrons. The maximum absolute atomic E-state index is 13.5. The molecule has 16 nitrogen and oxygen atoms in total. The molecule has 21 heteroatoms. The van der Waals surface area contributed by atoms with Crippen molar-refractivity contribution in [1.29, 1.82) is 0 Å². The number of Topliss-reactive ketones (excluding diaryl/α,β-unsaturated/α-hetero) is 2. The number of nitrogens with zero attached hydrogens (tertiary/aromatic N) is 4. The number of aryl methyl sites for hydroxylation is 2. The molecule has 68 heavy (non-hydrogen) atoms. The monoisotopic (exact) mass is 1020 g/mol. The molecule has 5 aromatic rings. The third-order valence-electron chi connectivity index (χ3n) is 9.81. The normalized spacial score (nSPS) is 12.0. The first-order chi connectivity index (χ1) is 32.6. The predicted molar refractivity (Wildman–Crippen MR) is 265 cm³/mol. The van der Waals surface area contributed by atoms with Crippen molar-refractivity contribution in [3.63, 3.8) is 0 Å². The number of anilines is 4. The van der Waals surface area contributed by atoms with Gasteiger partial charge < -0.3 is 30.7 Å². The third kappa shape index (κ3) is 14.1. The van der Waals surface area contributed by atoms with E-state index in [1.54, 1.807) is 24.3 Å². The van der Waals surface area contributed by atoms with E-state index < -0.39 is 47.3 Å². The summed E-state index contributed by atoms with van der Waals surface area (Å²) in [6.07, 6.45) is 1.15. The van der Waals surface area contributed by atoms with Gasteiger partial charge in [-0.2, -0.15) is 20.5 Å². The number of benzene rings is 5. The summed E-state index contributed by atoms with van der Waals surface area (Å²) in [6, 6.07) is 20.1. The van der Waals surface area contributed by atoms with E-state index >= 15 is 0 Å². The second-order valence-electron chi connectivity index (χ2n) is 14.6. The lowest BCUT2D eigenvalue weighted by atomic mass is 10.1. The second-order valence-corrected chi connectivity index (χ2v) is 16.5. The first-order valence-corrected chi connectivity index (χ1v) is 22.8. The van der Waals surface area contributed by atoms with Gasteiger partial charge in [0.2, 0.25) is 12.1 Å². The molecule has 0 aromatic heterocycles.